The second-order valence-electron chi connectivity index (χ2n) is 5.72. The van der Waals surface area contributed by atoms with Gasteiger partial charge in [-0.2, -0.15) is 0 Å². The number of benzene rings is 2. The number of carbonyl (C=O) groups excluding carboxylic acids is 1. The summed E-state index contributed by atoms with van der Waals surface area (Å²) in [5.41, 5.74) is -1.50. The molecule has 0 fully saturated rings. The van der Waals surface area contributed by atoms with Crippen LogP contribution in [0.15, 0.2) is 35.2 Å². The van der Waals surface area contributed by atoms with Crippen molar-refractivity contribution in [1.82, 2.24) is 4.98 Å². The molecule has 0 atom stereocenters. The topological polar surface area (TPSA) is 162 Å². The van der Waals surface area contributed by atoms with Gasteiger partial charge in [0, 0.05) is 18.4 Å². The summed E-state index contributed by atoms with van der Waals surface area (Å²) in [5.74, 6) is -0.879. The van der Waals surface area contributed by atoms with Crippen LogP contribution in [0.1, 0.15) is 10.4 Å². The van der Waals surface area contributed by atoms with Gasteiger partial charge in [0.25, 0.3) is 17.3 Å². The van der Waals surface area contributed by atoms with Crippen LogP contribution in [0, 0.1) is 20.2 Å². The number of amides is 1. The molecule has 14 heteroatoms. The van der Waals surface area contributed by atoms with Gasteiger partial charge in [-0.05, 0) is 18.2 Å². The molecule has 1 heterocycles. The van der Waals surface area contributed by atoms with Gasteiger partial charge in [-0.15, -0.1) is 0 Å². The third-order valence-corrected chi connectivity index (χ3v) is 6.13. The third kappa shape index (κ3) is 4.16. The van der Waals surface area contributed by atoms with E-state index in [0.717, 1.165) is 29.7 Å². The van der Waals surface area contributed by atoms with E-state index in [2.05, 4.69) is 10.3 Å². The van der Waals surface area contributed by atoms with Crippen LogP contribution < -0.4 is 5.32 Å². The number of carbonyl (C=O) groups is 1. The normalized spacial score (nSPS) is 11.4. The number of aromatic nitrogens is 1. The van der Waals surface area contributed by atoms with Gasteiger partial charge in [0.1, 0.15) is 0 Å². The van der Waals surface area contributed by atoms with Gasteiger partial charge >= 0.3 is 0 Å². The standard InChI is InChI=1S/C15H9ClN4O7S2/c1-29(26,27)8-2-3-9-12(6-8)28-15(17-9)18-14(21)7-4-10(19(22)23)13(16)11(5-7)20(24)25/h2-6H,1H3,(H,17,18,21). The van der Waals surface area contributed by atoms with Crippen LogP contribution in [0.4, 0.5) is 16.5 Å². The smallest absolute Gasteiger partial charge is 0.295 e. The lowest BCUT2D eigenvalue weighted by Crippen LogP contribution is -2.12. The summed E-state index contributed by atoms with van der Waals surface area (Å²) in [5, 5.41) is 23.9. The minimum Gasteiger partial charge on any atom is -0.298 e. The van der Waals surface area contributed by atoms with Gasteiger partial charge in [0.05, 0.1) is 30.5 Å². The van der Waals surface area contributed by atoms with Crippen LogP contribution in [0.3, 0.4) is 0 Å². The summed E-state index contributed by atoms with van der Waals surface area (Å²) in [7, 11) is -3.43. The van der Waals surface area contributed by atoms with Gasteiger partial charge < -0.3 is 0 Å². The summed E-state index contributed by atoms with van der Waals surface area (Å²) in [6.45, 7) is 0. The van der Waals surface area contributed by atoms with Crippen molar-refractivity contribution in [2.24, 2.45) is 0 Å². The van der Waals surface area contributed by atoms with E-state index in [1.54, 1.807) is 0 Å². The van der Waals surface area contributed by atoms with Gasteiger partial charge in [-0.25, -0.2) is 13.4 Å². The van der Waals surface area contributed by atoms with Crippen molar-refractivity contribution in [3.8, 4) is 0 Å². The van der Waals surface area contributed by atoms with Crippen molar-refractivity contribution >= 4 is 65.4 Å². The lowest BCUT2D eigenvalue weighted by molar-refractivity contribution is -0.393. The summed E-state index contributed by atoms with van der Waals surface area (Å²) < 4.78 is 23.8. The Kier molecular flexibility index (Phi) is 5.21. The Morgan fingerprint density at radius 2 is 1.72 bits per heavy atom. The first kappa shape index (κ1) is 20.6. The summed E-state index contributed by atoms with van der Waals surface area (Å²) in [6, 6.07) is 5.88. The zero-order valence-corrected chi connectivity index (χ0v) is 16.7. The van der Waals surface area contributed by atoms with Gasteiger partial charge in [-0.3, -0.25) is 30.3 Å². The molecule has 0 spiro atoms. The number of thiazole rings is 1. The van der Waals surface area contributed by atoms with E-state index < -0.39 is 42.0 Å². The minimum absolute atomic E-state index is 0.0791. The fourth-order valence-electron chi connectivity index (χ4n) is 2.35. The number of nitro groups is 2. The molecule has 0 unspecified atom stereocenters. The molecule has 0 aliphatic rings. The van der Waals surface area contributed by atoms with E-state index >= 15 is 0 Å². The predicted octanol–water partition coefficient (Wildman–Crippen LogP) is 3.42. The van der Waals surface area contributed by atoms with Crippen molar-refractivity contribution in [2.75, 3.05) is 11.6 Å². The average molecular weight is 457 g/mol. The minimum atomic E-state index is -3.43. The van der Waals surface area contributed by atoms with E-state index in [0.29, 0.717) is 10.2 Å². The molecule has 29 heavy (non-hydrogen) atoms. The quantitative estimate of drug-likeness (QED) is 0.450. The maximum Gasteiger partial charge on any atom is 0.295 e. The highest BCUT2D eigenvalue weighted by Crippen LogP contribution is 2.35. The van der Waals surface area contributed by atoms with Gasteiger partial charge in [0.15, 0.2) is 20.0 Å². The molecule has 11 nitrogen and oxygen atoms in total. The number of rotatable bonds is 5. The number of nitrogens with zero attached hydrogens (tertiary/aromatic N) is 3. The largest absolute Gasteiger partial charge is 0.298 e. The van der Waals surface area contributed by atoms with Crippen molar-refractivity contribution < 1.29 is 23.1 Å². The molecule has 1 amide bonds. The van der Waals surface area contributed by atoms with Crippen LogP contribution in [0.2, 0.25) is 5.02 Å². The Hall–Kier alpha value is -3.16. The molecule has 0 bridgehead atoms. The summed E-state index contributed by atoms with van der Waals surface area (Å²) in [4.78, 5) is 36.9. The fourth-order valence-corrected chi connectivity index (χ4v) is 4.22. The number of hydrogen-bond donors (Lipinski definition) is 1. The molecule has 2 aromatic carbocycles. The Balaban J connectivity index is 1.98. The molecule has 1 aromatic heterocycles. The Bertz CT molecular complexity index is 1270. The van der Waals surface area contributed by atoms with E-state index in [1.165, 1.54) is 18.2 Å². The monoisotopic (exact) mass is 456 g/mol. The molecule has 0 aliphatic carbocycles. The second-order valence-corrected chi connectivity index (χ2v) is 9.14. The Morgan fingerprint density at radius 3 is 2.24 bits per heavy atom. The lowest BCUT2D eigenvalue weighted by Gasteiger charge is -2.03. The number of hydrogen-bond acceptors (Lipinski definition) is 9. The predicted molar refractivity (Wildman–Crippen MR) is 105 cm³/mol. The highest BCUT2D eigenvalue weighted by atomic mass is 35.5. The molecule has 0 aliphatic heterocycles. The number of anilines is 1. The maximum atomic E-state index is 12.4. The Morgan fingerprint density at radius 1 is 1.14 bits per heavy atom. The van der Waals surface area contributed by atoms with Crippen LogP contribution in [-0.2, 0) is 9.84 Å². The molecule has 3 aromatic rings. The fraction of sp³-hybridized carbons (Fsp3) is 0.0667. The molecular formula is C15H9ClN4O7S2. The zero-order chi connectivity index (χ0) is 21.5. The average Bonchev–Trinajstić information content (AvgIpc) is 3.01. The zero-order valence-electron chi connectivity index (χ0n) is 14.3. The molecule has 0 saturated carbocycles. The van der Waals surface area contributed by atoms with E-state index in [4.69, 9.17) is 11.6 Å². The van der Waals surface area contributed by atoms with Crippen molar-refractivity contribution in [1.29, 1.82) is 0 Å². The highest BCUT2D eigenvalue weighted by molar-refractivity contribution is 7.90. The van der Waals surface area contributed by atoms with Crippen LogP contribution >= 0.6 is 22.9 Å². The van der Waals surface area contributed by atoms with Crippen molar-refractivity contribution in [3.63, 3.8) is 0 Å². The molecule has 0 radical (unpaired) electrons. The van der Waals surface area contributed by atoms with Crippen molar-refractivity contribution in [2.45, 2.75) is 4.90 Å². The SMILES string of the molecule is CS(=O)(=O)c1ccc2nc(NC(=O)c3cc([N+](=O)[O-])c(Cl)c([N+](=O)[O-])c3)sc2c1. The first-order chi connectivity index (χ1) is 13.5. The van der Waals surface area contributed by atoms with E-state index in [1.807, 2.05) is 0 Å². The third-order valence-electron chi connectivity index (χ3n) is 3.70. The second kappa shape index (κ2) is 7.35. The van der Waals surface area contributed by atoms with Crippen molar-refractivity contribution in [3.05, 3.63) is 61.1 Å². The first-order valence-corrected chi connectivity index (χ1v) is 10.6. The number of fused-ring (bicyclic) bond motifs is 1. The number of halogens is 1. The molecular weight excluding hydrogens is 448 g/mol. The molecule has 1 N–H and O–H groups in total. The highest BCUT2D eigenvalue weighted by Gasteiger charge is 2.27. The molecule has 3 rings (SSSR count). The maximum absolute atomic E-state index is 12.4. The van der Waals surface area contributed by atoms with Gasteiger partial charge in [-0.1, -0.05) is 22.9 Å². The van der Waals surface area contributed by atoms with E-state index in [9.17, 15) is 33.4 Å². The number of nitrogens with one attached hydrogen (secondary N) is 1. The van der Waals surface area contributed by atoms with Crippen LogP contribution in [0.25, 0.3) is 10.2 Å². The van der Waals surface area contributed by atoms with Crippen LogP contribution in [-0.4, -0.2) is 35.4 Å². The summed E-state index contributed by atoms with van der Waals surface area (Å²) in [6.07, 6.45) is 1.05. The summed E-state index contributed by atoms with van der Waals surface area (Å²) >= 11 is 6.64. The molecule has 150 valence electrons. The number of nitro benzene ring substituents is 2. The Labute approximate surface area is 171 Å². The van der Waals surface area contributed by atoms with E-state index in [-0.39, 0.29) is 15.6 Å². The molecule has 0 saturated heterocycles. The number of sulfone groups is 1. The lowest BCUT2D eigenvalue weighted by atomic mass is 10.1. The first-order valence-electron chi connectivity index (χ1n) is 7.51. The van der Waals surface area contributed by atoms with Gasteiger partial charge in [0.2, 0.25) is 0 Å². The van der Waals surface area contributed by atoms with Crippen LogP contribution in [0.5, 0.6) is 0 Å².